The van der Waals surface area contributed by atoms with Crippen molar-refractivity contribution in [3.8, 4) is 0 Å². The summed E-state index contributed by atoms with van der Waals surface area (Å²) in [6.07, 6.45) is -0.0672. The first-order valence-electron chi connectivity index (χ1n) is 8.25. The van der Waals surface area contributed by atoms with Gasteiger partial charge in [0, 0.05) is 5.69 Å². The molecule has 0 atom stereocenters. The molecular formula is C20H16F2N2O3S. The number of hydrogen-bond acceptors (Lipinski definition) is 3. The SMILES string of the molecule is O=C(Cc1cccc(F)c1)Nc1cccc(S(=O)(=O)Nc2ccccc2F)c1. The van der Waals surface area contributed by atoms with Gasteiger partial charge in [0.15, 0.2) is 0 Å². The van der Waals surface area contributed by atoms with E-state index in [0.717, 1.165) is 6.07 Å². The fourth-order valence-electron chi connectivity index (χ4n) is 2.53. The zero-order valence-corrected chi connectivity index (χ0v) is 15.3. The predicted molar refractivity (Wildman–Crippen MR) is 102 cm³/mol. The number of carbonyl (C=O) groups is 1. The Hall–Kier alpha value is -3.26. The summed E-state index contributed by atoms with van der Waals surface area (Å²) in [4.78, 5) is 12.0. The molecule has 0 aliphatic heterocycles. The van der Waals surface area contributed by atoms with E-state index in [-0.39, 0.29) is 22.7 Å². The zero-order valence-electron chi connectivity index (χ0n) is 14.5. The van der Waals surface area contributed by atoms with Gasteiger partial charge in [0.25, 0.3) is 10.0 Å². The number of benzene rings is 3. The Morgan fingerprint density at radius 1 is 0.893 bits per heavy atom. The highest BCUT2D eigenvalue weighted by atomic mass is 32.2. The molecule has 2 N–H and O–H groups in total. The maximum absolute atomic E-state index is 13.7. The van der Waals surface area contributed by atoms with Crippen LogP contribution in [0.15, 0.2) is 77.7 Å². The molecule has 144 valence electrons. The lowest BCUT2D eigenvalue weighted by Crippen LogP contribution is -2.16. The quantitative estimate of drug-likeness (QED) is 0.656. The fraction of sp³-hybridized carbons (Fsp3) is 0.0500. The van der Waals surface area contributed by atoms with Gasteiger partial charge in [-0.1, -0.05) is 30.3 Å². The summed E-state index contributed by atoms with van der Waals surface area (Å²) in [7, 11) is -4.05. The molecule has 0 aromatic heterocycles. The number of carbonyl (C=O) groups excluding carboxylic acids is 1. The third-order valence-electron chi connectivity index (χ3n) is 3.80. The first-order chi connectivity index (χ1) is 13.3. The largest absolute Gasteiger partial charge is 0.326 e. The highest BCUT2D eigenvalue weighted by molar-refractivity contribution is 7.92. The molecule has 0 aliphatic rings. The minimum absolute atomic E-state index is 0.0672. The van der Waals surface area contributed by atoms with Crippen molar-refractivity contribution in [2.45, 2.75) is 11.3 Å². The van der Waals surface area contributed by atoms with Crippen LogP contribution in [0.25, 0.3) is 0 Å². The van der Waals surface area contributed by atoms with Crippen molar-refractivity contribution < 1.29 is 22.0 Å². The van der Waals surface area contributed by atoms with Gasteiger partial charge in [0.1, 0.15) is 11.6 Å². The molecule has 5 nitrogen and oxygen atoms in total. The summed E-state index contributed by atoms with van der Waals surface area (Å²) >= 11 is 0. The summed E-state index contributed by atoms with van der Waals surface area (Å²) in [6, 6.07) is 16.6. The van der Waals surface area contributed by atoms with E-state index >= 15 is 0 Å². The second-order valence-corrected chi connectivity index (χ2v) is 7.65. The monoisotopic (exact) mass is 402 g/mol. The standard InChI is InChI=1S/C20H16F2N2O3S/c21-15-6-3-5-14(11-15)12-20(25)23-16-7-4-8-17(13-16)28(26,27)24-19-10-2-1-9-18(19)22/h1-11,13,24H,12H2,(H,23,25). The number of anilines is 2. The van der Waals surface area contributed by atoms with Crippen molar-refractivity contribution in [3.05, 3.63) is 90.0 Å². The van der Waals surface area contributed by atoms with Crippen LogP contribution >= 0.6 is 0 Å². The molecule has 0 heterocycles. The van der Waals surface area contributed by atoms with Crippen molar-refractivity contribution in [1.82, 2.24) is 0 Å². The average Bonchev–Trinajstić information content (AvgIpc) is 2.63. The minimum Gasteiger partial charge on any atom is -0.326 e. The van der Waals surface area contributed by atoms with Gasteiger partial charge < -0.3 is 5.32 Å². The molecule has 0 saturated carbocycles. The second-order valence-electron chi connectivity index (χ2n) is 5.97. The van der Waals surface area contributed by atoms with Crippen LogP contribution < -0.4 is 10.0 Å². The van der Waals surface area contributed by atoms with Crippen LogP contribution in [0, 0.1) is 11.6 Å². The third kappa shape index (κ3) is 4.92. The lowest BCUT2D eigenvalue weighted by molar-refractivity contribution is -0.115. The van der Waals surface area contributed by atoms with E-state index in [4.69, 9.17) is 0 Å². The first kappa shape index (κ1) is 19.5. The van der Waals surface area contributed by atoms with Crippen LogP contribution in [-0.4, -0.2) is 14.3 Å². The second kappa shape index (κ2) is 8.18. The zero-order chi connectivity index (χ0) is 20.1. The van der Waals surface area contributed by atoms with E-state index in [1.54, 1.807) is 6.07 Å². The number of hydrogen-bond donors (Lipinski definition) is 2. The first-order valence-corrected chi connectivity index (χ1v) is 9.73. The summed E-state index contributed by atoms with van der Waals surface area (Å²) in [5.41, 5.74) is 0.559. The molecule has 8 heteroatoms. The predicted octanol–water partition coefficient (Wildman–Crippen LogP) is 3.95. The number of para-hydroxylation sites is 1. The smallest absolute Gasteiger partial charge is 0.262 e. The summed E-state index contributed by atoms with van der Waals surface area (Å²) in [5, 5.41) is 2.57. The Morgan fingerprint density at radius 2 is 1.64 bits per heavy atom. The van der Waals surface area contributed by atoms with E-state index in [1.165, 1.54) is 60.7 Å². The molecule has 0 saturated heterocycles. The average molecular weight is 402 g/mol. The molecule has 3 aromatic carbocycles. The van der Waals surface area contributed by atoms with Crippen molar-refractivity contribution in [2.24, 2.45) is 0 Å². The molecule has 0 spiro atoms. The van der Waals surface area contributed by atoms with Gasteiger partial charge in [-0.3, -0.25) is 9.52 Å². The van der Waals surface area contributed by atoms with Gasteiger partial charge in [-0.2, -0.15) is 0 Å². The van der Waals surface area contributed by atoms with Gasteiger partial charge in [0.2, 0.25) is 5.91 Å². The summed E-state index contributed by atoms with van der Waals surface area (Å²) in [5.74, 6) is -1.58. The normalized spacial score (nSPS) is 11.1. The van der Waals surface area contributed by atoms with Crippen LogP contribution in [0.5, 0.6) is 0 Å². The molecule has 0 aliphatic carbocycles. The summed E-state index contributed by atoms with van der Waals surface area (Å²) in [6.45, 7) is 0. The molecule has 0 radical (unpaired) electrons. The van der Waals surface area contributed by atoms with Gasteiger partial charge >= 0.3 is 0 Å². The van der Waals surface area contributed by atoms with Crippen LogP contribution in [-0.2, 0) is 21.2 Å². The molecule has 0 bridgehead atoms. The van der Waals surface area contributed by atoms with E-state index in [0.29, 0.717) is 5.56 Å². The minimum atomic E-state index is -4.05. The summed E-state index contributed by atoms with van der Waals surface area (Å²) < 4.78 is 54.1. The van der Waals surface area contributed by atoms with Crippen molar-refractivity contribution in [3.63, 3.8) is 0 Å². The number of halogens is 2. The molecule has 3 rings (SSSR count). The maximum Gasteiger partial charge on any atom is 0.262 e. The van der Waals surface area contributed by atoms with E-state index < -0.39 is 27.6 Å². The lowest BCUT2D eigenvalue weighted by Gasteiger charge is -2.11. The van der Waals surface area contributed by atoms with Gasteiger partial charge in [0.05, 0.1) is 17.0 Å². The van der Waals surface area contributed by atoms with Crippen LogP contribution in [0.3, 0.4) is 0 Å². The topological polar surface area (TPSA) is 75.3 Å². The Bertz CT molecular complexity index is 1120. The van der Waals surface area contributed by atoms with Gasteiger partial charge in [-0.25, -0.2) is 17.2 Å². The maximum atomic E-state index is 13.7. The van der Waals surface area contributed by atoms with Crippen molar-refractivity contribution in [1.29, 1.82) is 0 Å². The van der Waals surface area contributed by atoms with Crippen LogP contribution in [0.1, 0.15) is 5.56 Å². The molecule has 1 amide bonds. The number of amides is 1. The van der Waals surface area contributed by atoms with E-state index in [2.05, 4.69) is 10.0 Å². The van der Waals surface area contributed by atoms with Gasteiger partial charge in [-0.05, 0) is 48.0 Å². The Morgan fingerprint density at radius 3 is 2.39 bits per heavy atom. The van der Waals surface area contributed by atoms with Crippen LogP contribution in [0.4, 0.5) is 20.2 Å². The Balaban J connectivity index is 1.74. The number of nitrogens with one attached hydrogen (secondary N) is 2. The van der Waals surface area contributed by atoms with Crippen LogP contribution in [0.2, 0.25) is 0 Å². The number of rotatable bonds is 6. The molecular weight excluding hydrogens is 386 g/mol. The van der Waals surface area contributed by atoms with Crippen molar-refractivity contribution >= 4 is 27.3 Å². The number of sulfonamides is 1. The molecule has 28 heavy (non-hydrogen) atoms. The van der Waals surface area contributed by atoms with Gasteiger partial charge in [-0.15, -0.1) is 0 Å². The Labute approximate surface area is 161 Å². The van der Waals surface area contributed by atoms with E-state index in [9.17, 15) is 22.0 Å². The molecule has 0 fully saturated rings. The highest BCUT2D eigenvalue weighted by Crippen LogP contribution is 2.21. The molecule has 0 unspecified atom stereocenters. The molecule has 3 aromatic rings. The third-order valence-corrected chi connectivity index (χ3v) is 5.16. The Kier molecular flexibility index (Phi) is 5.70. The lowest BCUT2D eigenvalue weighted by atomic mass is 10.1. The fourth-order valence-corrected chi connectivity index (χ4v) is 3.64. The highest BCUT2D eigenvalue weighted by Gasteiger charge is 2.17. The van der Waals surface area contributed by atoms with E-state index in [1.807, 2.05) is 0 Å². The van der Waals surface area contributed by atoms with Crippen molar-refractivity contribution in [2.75, 3.05) is 10.0 Å².